The molecule has 0 amide bonds. The van der Waals surface area contributed by atoms with Gasteiger partial charge in [0.1, 0.15) is 5.75 Å². The smallest absolute Gasteiger partial charge is 0.314 e. The van der Waals surface area contributed by atoms with Gasteiger partial charge in [0.2, 0.25) is 0 Å². The minimum Gasteiger partial charge on any atom is -0.497 e. The third-order valence-corrected chi connectivity index (χ3v) is 4.59. The standard InChI is InChI=1S/C20H23NO3/c1-3-24-20(22)17-13-21-18-9-5-7-15(19(17)18)11-10-14-6-4-8-16(12-14)23-2/h4,6,8,12,17-18,21H,3,5,7,9,13H2,1-2H3/t17-,18+/m1/s1. The first-order valence-corrected chi connectivity index (χ1v) is 8.52. The van der Waals surface area contributed by atoms with Crippen LogP contribution in [-0.4, -0.2) is 32.3 Å². The first-order chi connectivity index (χ1) is 11.7. The summed E-state index contributed by atoms with van der Waals surface area (Å²) in [6.07, 6.45) is 3.09. The maximum Gasteiger partial charge on any atom is 0.314 e. The number of allylic oxidation sites excluding steroid dienone is 1. The number of nitrogens with one attached hydrogen (secondary N) is 1. The summed E-state index contributed by atoms with van der Waals surface area (Å²) in [5, 5.41) is 3.45. The van der Waals surface area contributed by atoms with Crippen LogP contribution in [0.4, 0.5) is 0 Å². The van der Waals surface area contributed by atoms with Crippen LogP contribution in [0.3, 0.4) is 0 Å². The zero-order chi connectivity index (χ0) is 16.9. The van der Waals surface area contributed by atoms with Crippen molar-refractivity contribution in [3.8, 4) is 17.6 Å². The third kappa shape index (κ3) is 3.47. The largest absolute Gasteiger partial charge is 0.497 e. The minimum absolute atomic E-state index is 0.134. The molecule has 1 N–H and O–H groups in total. The molecule has 3 rings (SSSR count). The lowest BCUT2D eigenvalue weighted by Crippen LogP contribution is -2.25. The Morgan fingerprint density at radius 1 is 1.38 bits per heavy atom. The first-order valence-electron chi connectivity index (χ1n) is 8.52. The fourth-order valence-corrected chi connectivity index (χ4v) is 3.46. The number of fused-ring (bicyclic) bond motifs is 1. The van der Waals surface area contributed by atoms with Gasteiger partial charge in [0.05, 0.1) is 19.6 Å². The van der Waals surface area contributed by atoms with Gasteiger partial charge in [-0.05, 0) is 50.0 Å². The minimum atomic E-state index is -0.190. The molecule has 0 saturated carbocycles. The Morgan fingerprint density at radius 2 is 2.25 bits per heavy atom. The van der Waals surface area contributed by atoms with Gasteiger partial charge in [-0.25, -0.2) is 0 Å². The molecule has 1 aromatic rings. The molecule has 0 aromatic heterocycles. The predicted molar refractivity (Wildman–Crippen MR) is 92.7 cm³/mol. The van der Waals surface area contributed by atoms with Crippen molar-refractivity contribution in [2.24, 2.45) is 5.92 Å². The molecule has 1 fully saturated rings. The van der Waals surface area contributed by atoms with E-state index in [1.54, 1.807) is 7.11 Å². The number of esters is 1. The van der Waals surface area contributed by atoms with Gasteiger partial charge in [0, 0.05) is 23.7 Å². The summed E-state index contributed by atoms with van der Waals surface area (Å²) < 4.78 is 10.5. The molecular formula is C20H23NO3. The van der Waals surface area contributed by atoms with E-state index < -0.39 is 0 Å². The van der Waals surface area contributed by atoms with Crippen LogP contribution in [0.5, 0.6) is 5.75 Å². The summed E-state index contributed by atoms with van der Waals surface area (Å²) in [5.74, 6) is 7.01. The highest BCUT2D eigenvalue weighted by Gasteiger charge is 2.38. The lowest BCUT2D eigenvalue weighted by atomic mass is 9.84. The molecule has 1 aromatic carbocycles. The van der Waals surface area contributed by atoms with Crippen LogP contribution in [0, 0.1) is 17.8 Å². The van der Waals surface area contributed by atoms with Crippen molar-refractivity contribution < 1.29 is 14.3 Å². The van der Waals surface area contributed by atoms with Crippen molar-refractivity contribution in [3.63, 3.8) is 0 Å². The van der Waals surface area contributed by atoms with E-state index in [9.17, 15) is 4.79 Å². The summed E-state index contributed by atoms with van der Waals surface area (Å²) in [5.41, 5.74) is 3.16. The normalized spacial score (nSPS) is 22.4. The second-order valence-corrected chi connectivity index (χ2v) is 6.07. The lowest BCUT2D eigenvalue weighted by molar-refractivity contribution is -0.146. The molecular weight excluding hydrogens is 302 g/mol. The number of benzene rings is 1. The highest BCUT2D eigenvalue weighted by molar-refractivity contribution is 5.78. The van der Waals surface area contributed by atoms with Crippen molar-refractivity contribution in [3.05, 3.63) is 41.0 Å². The SMILES string of the molecule is CCOC(=O)[C@@H]1CN[C@H]2CCCC(C#Cc3cccc(OC)c3)=C12. The zero-order valence-corrected chi connectivity index (χ0v) is 14.2. The van der Waals surface area contributed by atoms with Crippen molar-refractivity contribution >= 4 is 5.97 Å². The van der Waals surface area contributed by atoms with E-state index in [2.05, 4.69) is 17.2 Å². The fourth-order valence-electron chi connectivity index (χ4n) is 3.46. The number of ether oxygens (including phenoxy) is 2. The van der Waals surface area contributed by atoms with Crippen LogP contribution in [0.2, 0.25) is 0 Å². The van der Waals surface area contributed by atoms with Gasteiger partial charge in [0.25, 0.3) is 0 Å². The van der Waals surface area contributed by atoms with Crippen molar-refractivity contribution in [1.29, 1.82) is 0 Å². The summed E-state index contributed by atoms with van der Waals surface area (Å²) >= 11 is 0. The molecule has 4 nitrogen and oxygen atoms in total. The van der Waals surface area contributed by atoms with E-state index in [0.717, 1.165) is 41.7 Å². The monoisotopic (exact) mass is 325 g/mol. The summed E-state index contributed by atoms with van der Waals surface area (Å²) in [4.78, 5) is 12.2. The fraction of sp³-hybridized carbons (Fsp3) is 0.450. The molecule has 4 heteroatoms. The number of hydrogen-bond donors (Lipinski definition) is 1. The summed E-state index contributed by atoms with van der Waals surface area (Å²) in [6.45, 7) is 2.91. The van der Waals surface area contributed by atoms with Crippen LogP contribution in [-0.2, 0) is 9.53 Å². The molecule has 2 atom stereocenters. The van der Waals surface area contributed by atoms with Gasteiger partial charge in [-0.3, -0.25) is 4.79 Å². The molecule has 24 heavy (non-hydrogen) atoms. The highest BCUT2D eigenvalue weighted by atomic mass is 16.5. The van der Waals surface area contributed by atoms with Crippen LogP contribution < -0.4 is 10.1 Å². The van der Waals surface area contributed by atoms with Gasteiger partial charge in [-0.1, -0.05) is 17.9 Å². The highest BCUT2D eigenvalue weighted by Crippen LogP contribution is 2.34. The summed E-state index contributed by atoms with van der Waals surface area (Å²) in [7, 11) is 1.65. The van der Waals surface area contributed by atoms with Crippen molar-refractivity contribution in [1.82, 2.24) is 5.32 Å². The number of carbonyl (C=O) groups excluding carboxylic acids is 1. The third-order valence-electron chi connectivity index (χ3n) is 4.59. The Labute approximate surface area is 143 Å². The number of methoxy groups -OCH3 is 1. The Bertz CT molecular complexity index is 711. The Balaban J connectivity index is 1.91. The summed E-state index contributed by atoms with van der Waals surface area (Å²) in [6, 6.07) is 8.00. The zero-order valence-electron chi connectivity index (χ0n) is 14.2. The number of rotatable bonds is 3. The van der Waals surface area contributed by atoms with Crippen LogP contribution in [0.1, 0.15) is 31.7 Å². The maximum atomic E-state index is 12.2. The molecule has 0 bridgehead atoms. The second-order valence-electron chi connectivity index (χ2n) is 6.07. The second kappa shape index (κ2) is 7.55. The Hall–Kier alpha value is -2.25. The van der Waals surface area contributed by atoms with E-state index in [1.807, 2.05) is 31.2 Å². The molecule has 1 aliphatic heterocycles. The Kier molecular flexibility index (Phi) is 5.22. The lowest BCUT2D eigenvalue weighted by Gasteiger charge is -2.22. The van der Waals surface area contributed by atoms with E-state index in [4.69, 9.17) is 9.47 Å². The molecule has 1 saturated heterocycles. The number of carbonyl (C=O) groups is 1. The molecule has 126 valence electrons. The van der Waals surface area contributed by atoms with Gasteiger partial charge in [-0.2, -0.15) is 0 Å². The maximum absolute atomic E-state index is 12.2. The molecule has 1 aliphatic carbocycles. The van der Waals surface area contributed by atoms with Crippen LogP contribution in [0.15, 0.2) is 35.4 Å². The average molecular weight is 325 g/mol. The van der Waals surface area contributed by atoms with E-state index in [-0.39, 0.29) is 17.9 Å². The predicted octanol–water partition coefficient (Wildman–Crippen LogP) is 2.68. The topological polar surface area (TPSA) is 47.6 Å². The van der Waals surface area contributed by atoms with E-state index in [0.29, 0.717) is 13.2 Å². The Morgan fingerprint density at radius 3 is 3.04 bits per heavy atom. The number of hydrogen-bond acceptors (Lipinski definition) is 4. The van der Waals surface area contributed by atoms with Gasteiger partial charge >= 0.3 is 5.97 Å². The van der Waals surface area contributed by atoms with Crippen molar-refractivity contribution in [2.45, 2.75) is 32.2 Å². The van der Waals surface area contributed by atoms with E-state index >= 15 is 0 Å². The van der Waals surface area contributed by atoms with Gasteiger partial charge in [0.15, 0.2) is 0 Å². The van der Waals surface area contributed by atoms with Gasteiger partial charge < -0.3 is 14.8 Å². The van der Waals surface area contributed by atoms with Crippen molar-refractivity contribution in [2.75, 3.05) is 20.3 Å². The molecule has 0 spiro atoms. The average Bonchev–Trinajstić information content (AvgIpc) is 3.05. The van der Waals surface area contributed by atoms with Crippen LogP contribution >= 0.6 is 0 Å². The molecule has 1 heterocycles. The molecule has 0 unspecified atom stereocenters. The molecule has 2 aliphatic rings. The van der Waals surface area contributed by atoms with Crippen LogP contribution in [0.25, 0.3) is 0 Å². The van der Waals surface area contributed by atoms with E-state index in [1.165, 1.54) is 0 Å². The first kappa shape index (κ1) is 16.6. The molecule has 0 radical (unpaired) electrons. The van der Waals surface area contributed by atoms with Gasteiger partial charge in [-0.15, -0.1) is 0 Å². The quantitative estimate of drug-likeness (QED) is 0.686.